The Labute approximate surface area is 154 Å². The van der Waals surface area contributed by atoms with E-state index in [-0.39, 0.29) is 12.8 Å². The maximum Gasteiger partial charge on any atom is 0.327 e. The van der Waals surface area contributed by atoms with E-state index in [4.69, 9.17) is 19.3 Å². The van der Waals surface area contributed by atoms with E-state index in [2.05, 4.69) is 48.1 Å². The second-order valence-electron chi connectivity index (χ2n) is 5.85. The lowest BCUT2D eigenvalue weighted by molar-refractivity contribution is -0.698. The van der Waals surface area contributed by atoms with Gasteiger partial charge >= 0.3 is 7.60 Å². The van der Waals surface area contributed by atoms with Gasteiger partial charge in [-0.3, -0.25) is 4.57 Å². The summed E-state index contributed by atoms with van der Waals surface area (Å²) < 4.78 is 25.4. The van der Waals surface area contributed by atoms with Gasteiger partial charge in [0.05, 0.1) is 26.0 Å². The molecule has 0 spiro atoms. The van der Waals surface area contributed by atoms with Gasteiger partial charge in [0.1, 0.15) is 13.2 Å². The van der Waals surface area contributed by atoms with Crippen LogP contribution in [-0.4, -0.2) is 42.4 Å². The Morgan fingerprint density at radius 2 is 1.35 bits per heavy atom. The smallest absolute Gasteiger partial charge is 0.327 e. The first kappa shape index (κ1) is 20.7. The molecule has 0 saturated carbocycles. The SMILES string of the molecule is CC[n+]1ccc(-c2cc[n+](CCOCCOCCP(=O)(O)O)cc2)cc1. The van der Waals surface area contributed by atoms with E-state index in [0.29, 0.717) is 19.8 Å². The molecule has 26 heavy (non-hydrogen) atoms. The quantitative estimate of drug-likeness (QED) is 0.346. The van der Waals surface area contributed by atoms with Crippen LogP contribution < -0.4 is 9.13 Å². The van der Waals surface area contributed by atoms with E-state index in [1.807, 2.05) is 17.0 Å². The number of aromatic nitrogens is 2. The van der Waals surface area contributed by atoms with Gasteiger partial charge < -0.3 is 19.3 Å². The summed E-state index contributed by atoms with van der Waals surface area (Å²) in [5.74, 6) is 0. The molecule has 8 heteroatoms. The van der Waals surface area contributed by atoms with Crippen molar-refractivity contribution in [3.63, 3.8) is 0 Å². The van der Waals surface area contributed by atoms with Gasteiger partial charge in [0, 0.05) is 24.3 Å². The van der Waals surface area contributed by atoms with Crippen molar-refractivity contribution in [1.29, 1.82) is 0 Å². The van der Waals surface area contributed by atoms with Crippen molar-refractivity contribution < 1.29 is 33.0 Å². The molecule has 2 aromatic rings. The molecule has 0 saturated heterocycles. The van der Waals surface area contributed by atoms with E-state index < -0.39 is 7.60 Å². The third-order valence-electron chi connectivity index (χ3n) is 3.87. The van der Waals surface area contributed by atoms with Gasteiger partial charge in [-0.05, 0) is 18.1 Å². The first-order valence-electron chi connectivity index (χ1n) is 8.66. The normalized spacial score (nSPS) is 11.7. The number of ether oxygens (including phenoxy) is 2. The van der Waals surface area contributed by atoms with Crippen molar-refractivity contribution >= 4 is 7.60 Å². The van der Waals surface area contributed by atoms with Crippen LogP contribution in [0.1, 0.15) is 6.92 Å². The molecule has 0 radical (unpaired) electrons. The van der Waals surface area contributed by atoms with Crippen molar-refractivity contribution in [2.75, 3.05) is 32.6 Å². The molecule has 0 aliphatic rings. The summed E-state index contributed by atoms with van der Waals surface area (Å²) in [5, 5.41) is 0. The lowest BCUT2D eigenvalue weighted by atomic mass is 10.1. The maximum atomic E-state index is 10.6. The molecule has 0 atom stereocenters. The predicted octanol–water partition coefficient (Wildman–Crippen LogP) is 1.16. The summed E-state index contributed by atoms with van der Waals surface area (Å²) >= 11 is 0. The zero-order valence-electron chi connectivity index (χ0n) is 15.0. The van der Waals surface area contributed by atoms with Gasteiger partial charge in [-0.25, -0.2) is 9.13 Å². The van der Waals surface area contributed by atoms with Crippen molar-refractivity contribution in [1.82, 2.24) is 0 Å². The van der Waals surface area contributed by atoms with Gasteiger partial charge in [-0.1, -0.05) is 0 Å². The van der Waals surface area contributed by atoms with Gasteiger partial charge in [0.2, 0.25) is 0 Å². The topological polar surface area (TPSA) is 83.8 Å². The van der Waals surface area contributed by atoms with Gasteiger partial charge in [0.15, 0.2) is 31.3 Å². The second kappa shape index (κ2) is 10.5. The molecular formula is C18H27N2O5P+2. The van der Waals surface area contributed by atoms with Crippen LogP contribution in [0.15, 0.2) is 49.1 Å². The van der Waals surface area contributed by atoms with Gasteiger partial charge in [0.25, 0.3) is 0 Å². The zero-order valence-corrected chi connectivity index (χ0v) is 15.9. The highest BCUT2D eigenvalue weighted by Crippen LogP contribution is 2.33. The number of pyridine rings is 2. The highest BCUT2D eigenvalue weighted by Gasteiger charge is 2.11. The van der Waals surface area contributed by atoms with E-state index >= 15 is 0 Å². The average Bonchev–Trinajstić information content (AvgIpc) is 2.63. The maximum absolute atomic E-state index is 10.6. The summed E-state index contributed by atoms with van der Waals surface area (Å²) in [6.07, 6.45) is 7.94. The van der Waals surface area contributed by atoms with Crippen molar-refractivity contribution in [2.24, 2.45) is 0 Å². The molecule has 2 N–H and O–H groups in total. The van der Waals surface area contributed by atoms with E-state index in [1.165, 1.54) is 11.1 Å². The lowest BCUT2D eigenvalue weighted by Crippen LogP contribution is -2.35. The molecule has 0 aliphatic heterocycles. The van der Waals surface area contributed by atoms with Crippen LogP contribution in [0.5, 0.6) is 0 Å². The molecule has 0 amide bonds. The summed E-state index contributed by atoms with van der Waals surface area (Å²) in [7, 11) is -3.97. The number of rotatable bonds is 11. The first-order chi connectivity index (χ1) is 12.5. The molecule has 0 bridgehead atoms. The molecule has 142 valence electrons. The summed E-state index contributed by atoms with van der Waals surface area (Å²) in [5.41, 5.74) is 2.36. The number of nitrogens with zero attached hydrogens (tertiary/aromatic N) is 2. The van der Waals surface area contributed by atoms with Gasteiger partial charge in [-0.2, -0.15) is 0 Å². The Morgan fingerprint density at radius 3 is 1.85 bits per heavy atom. The summed E-state index contributed by atoms with van der Waals surface area (Å²) in [6, 6.07) is 8.38. The van der Waals surface area contributed by atoms with E-state index in [9.17, 15) is 4.57 Å². The van der Waals surface area contributed by atoms with Crippen LogP contribution >= 0.6 is 7.60 Å². The number of aryl methyl sites for hydroxylation is 1. The second-order valence-corrected chi connectivity index (χ2v) is 7.63. The van der Waals surface area contributed by atoms with Crippen molar-refractivity contribution in [3.05, 3.63) is 49.1 Å². The molecule has 2 rings (SSSR count). The Morgan fingerprint density at radius 1 is 0.846 bits per heavy atom. The minimum Gasteiger partial charge on any atom is -0.378 e. The minimum atomic E-state index is -3.97. The molecule has 2 heterocycles. The fraction of sp³-hybridized carbons (Fsp3) is 0.444. The van der Waals surface area contributed by atoms with E-state index in [1.54, 1.807) is 0 Å². The highest BCUT2D eigenvalue weighted by atomic mass is 31.2. The average molecular weight is 382 g/mol. The molecule has 2 aromatic heterocycles. The third-order valence-corrected chi connectivity index (χ3v) is 4.64. The third kappa shape index (κ3) is 7.72. The summed E-state index contributed by atoms with van der Waals surface area (Å²) in [4.78, 5) is 17.4. The first-order valence-corrected chi connectivity index (χ1v) is 10.5. The molecule has 0 unspecified atom stereocenters. The fourth-order valence-corrected chi connectivity index (χ4v) is 2.70. The molecule has 0 aliphatic carbocycles. The minimum absolute atomic E-state index is 0.0432. The zero-order chi connectivity index (χ0) is 18.8. The van der Waals surface area contributed by atoms with Crippen LogP contribution in [0.2, 0.25) is 0 Å². The molecule has 0 fully saturated rings. The lowest BCUT2D eigenvalue weighted by Gasteiger charge is -2.06. The monoisotopic (exact) mass is 382 g/mol. The Kier molecular flexibility index (Phi) is 8.35. The largest absolute Gasteiger partial charge is 0.378 e. The van der Waals surface area contributed by atoms with Gasteiger partial charge in [-0.15, -0.1) is 0 Å². The van der Waals surface area contributed by atoms with Crippen molar-refractivity contribution in [2.45, 2.75) is 20.0 Å². The standard InChI is InChI=1S/C18H25N2O5P/c1-2-19-7-3-17(4-8-19)18-5-9-20(10-6-18)11-12-24-13-14-25-15-16-26(21,22)23/h3-10H,2,11-16H2,1H3/p+2. The molecule has 7 nitrogen and oxygen atoms in total. The Balaban J connectivity index is 1.65. The molecule has 0 aromatic carbocycles. The Bertz CT molecular complexity index is 701. The van der Waals surface area contributed by atoms with Crippen LogP contribution in [0.4, 0.5) is 0 Å². The van der Waals surface area contributed by atoms with Crippen LogP contribution in [-0.2, 0) is 27.1 Å². The van der Waals surface area contributed by atoms with Crippen LogP contribution in [0, 0.1) is 0 Å². The highest BCUT2D eigenvalue weighted by molar-refractivity contribution is 7.51. The number of hydrogen-bond donors (Lipinski definition) is 2. The number of hydrogen-bond acceptors (Lipinski definition) is 3. The predicted molar refractivity (Wildman–Crippen MR) is 96.5 cm³/mol. The fourth-order valence-electron chi connectivity index (χ4n) is 2.33. The van der Waals surface area contributed by atoms with E-state index in [0.717, 1.165) is 13.1 Å². The Hall–Kier alpha value is -1.63. The molecular weight excluding hydrogens is 355 g/mol. The summed E-state index contributed by atoms with van der Waals surface area (Å²) in [6.45, 7) is 5.13. The van der Waals surface area contributed by atoms with Crippen molar-refractivity contribution in [3.8, 4) is 11.1 Å². The van der Waals surface area contributed by atoms with Crippen LogP contribution in [0.25, 0.3) is 11.1 Å². The van der Waals surface area contributed by atoms with Crippen LogP contribution in [0.3, 0.4) is 0 Å².